The minimum absolute atomic E-state index is 0.328. The SMILES string of the molecule is C/C=C(/Cl)Cc1cc(OC(=O)C(C)(C)C)cc(OC(=O)C(C)(C)C)c1. The molecular weight excluding hydrogens is 340 g/mol. The van der Waals surface area contributed by atoms with Crippen molar-refractivity contribution in [2.24, 2.45) is 10.8 Å². The molecule has 0 saturated heterocycles. The van der Waals surface area contributed by atoms with E-state index in [1.54, 1.807) is 65.8 Å². The number of rotatable bonds is 4. The van der Waals surface area contributed by atoms with Crippen LogP contribution >= 0.6 is 11.6 Å². The van der Waals surface area contributed by atoms with Gasteiger partial charge < -0.3 is 9.47 Å². The second-order valence-electron chi connectivity index (χ2n) is 8.00. The molecule has 0 aliphatic heterocycles. The number of benzene rings is 1. The Morgan fingerprint density at radius 3 is 1.64 bits per heavy atom. The lowest BCUT2D eigenvalue weighted by atomic mass is 9.97. The molecule has 0 saturated carbocycles. The van der Waals surface area contributed by atoms with Gasteiger partial charge >= 0.3 is 11.9 Å². The van der Waals surface area contributed by atoms with Crippen LogP contribution in [0.3, 0.4) is 0 Å². The van der Waals surface area contributed by atoms with Crippen LogP contribution in [0.25, 0.3) is 0 Å². The summed E-state index contributed by atoms with van der Waals surface area (Å²) in [6.45, 7) is 12.5. The number of halogens is 1. The molecule has 0 heterocycles. The summed E-state index contributed by atoms with van der Waals surface area (Å²) in [5.74, 6) is -0.0748. The molecule has 0 atom stereocenters. The van der Waals surface area contributed by atoms with E-state index < -0.39 is 10.8 Å². The number of esters is 2. The monoisotopic (exact) mass is 366 g/mol. The Bertz CT molecular complexity index is 630. The summed E-state index contributed by atoms with van der Waals surface area (Å²) in [6.07, 6.45) is 2.25. The summed E-state index contributed by atoms with van der Waals surface area (Å²) >= 11 is 6.11. The van der Waals surface area contributed by atoms with Crippen molar-refractivity contribution >= 4 is 23.5 Å². The van der Waals surface area contributed by atoms with E-state index >= 15 is 0 Å². The molecular formula is C20H27ClO4. The molecule has 4 nitrogen and oxygen atoms in total. The molecule has 0 amide bonds. The first kappa shape index (κ1) is 21.2. The molecule has 0 bridgehead atoms. The molecule has 5 heteroatoms. The van der Waals surface area contributed by atoms with Crippen LogP contribution in [0, 0.1) is 10.8 Å². The first-order valence-electron chi connectivity index (χ1n) is 8.22. The quantitative estimate of drug-likeness (QED) is 0.537. The van der Waals surface area contributed by atoms with Crippen molar-refractivity contribution in [2.75, 3.05) is 0 Å². The van der Waals surface area contributed by atoms with Crippen molar-refractivity contribution in [1.82, 2.24) is 0 Å². The van der Waals surface area contributed by atoms with Crippen LogP contribution in [0.15, 0.2) is 29.3 Å². The van der Waals surface area contributed by atoms with Crippen molar-refractivity contribution in [2.45, 2.75) is 54.9 Å². The Kier molecular flexibility index (Phi) is 6.83. The Morgan fingerprint density at radius 1 is 0.920 bits per heavy atom. The van der Waals surface area contributed by atoms with Crippen LogP contribution < -0.4 is 9.47 Å². The lowest BCUT2D eigenvalue weighted by Gasteiger charge is -2.19. The van der Waals surface area contributed by atoms with Gasteiger partial charge in [-0.3, -0.25) is 9.59 Å². The number of hydrogen-bond acceptors (Lipinski definition) is 4. The van der Waals surface area contributed by atoms with Crippen LogP contribution in [0.5, 0.6) is 11.5 Å². The number of hydrogen-bond donors (Lipinski definition) is 0. The van der Waals surface area contributed by atoms with E-state index in [1.807, 2.05) is 6.92 Å². The molecule has 0 radical (unpaired) electrons. The van der Waals surface area contributed by atoms with Crippen LogP contribution in [0.4, 0.5) is 0 Å². The van der Waals surface area contributed by atoms with Gasteiger partial charge in [-0.15, -0.1) is 0 Å². The Morgan fingerprint density at radius 2 is 1.32 bits per heavy atom. The standard InChI is InChI=1S/C20H27ClO4/c1-8-14(21)9-13-10-15(24-17(22)19(2,3)4)12-16(11-13)25-18(23)20(5,6)7/h8,10-12H,9H2,1-7H3/b14-8+. The zero-order valence-electron chi connectivity index (χ0n) is 16.0. The number of carbonyl (C=O) groups excluding carboxylic acids is 2. The fourth-order valence-electron chi connectivity index (χ4n) is 1.67. The van der Waals surface area contributed by atoms with E-state index in [2.05, 4.69) is 0 Å². The first-order valence-corrected chi connectivity index (χ1v) is 8.60. The van der Waals surface area contributed by atoms with E-state index in [0.717, 1.165) is 5.56 Å². The van der Waals surface area contributed by atoms with Crippen LogP contribution in [0.1, 0.15) is 54.0 Å². The van der Waals surface area contributed by atoms with Crippen LogP contribution in [-0.2, 0) is 16.0 Å². The molecule has 138 valence electrons. The van der Waals surface area contributed by atoms with E-state index in [0.29, 0.717) is 23.0 Å². The zero-order chi connectivity index (χ0) is 19.4. The van der Waals surface area contributed by atoms with E-state index in [1.165, 1.54) is 0 Å². The third kappa shape index (κ3) is 6.91. The average Bonchev–Trinajstić information content (AvgIpc) is 2.44. The van der Waals surface area contributed by atoms with Gasteiger partial charge in [-0.1, -0.05) is 17.7 Å². The minimum Gasteiger partial charge on any atom is -0.426 e. The third-order valence-electron chi connectivity index (χ3n) is 3.27. The molecule has 1 rings (SSSR count). The summed E-state index contributed by atoms with van der Waals surface area (Å²) in [5, 5.41) is 0.646. The minimum atomic E-state index is -0.640. The van der Waals surface area contributed by atoms with Gasteiger partial charge in [-0.05, 0) is 66.2 Å². The molecule has 0 unspecified atom stereocenters. The van der Waals surface area contributed by atoms with Gasteiger partial charge in [-0.25, -0.2) is 0 Å². The van der Waals surface area contributed by atoms with Crippen molar-refractivity contribution in [3.63, 3.8) is 0 Å². The zero-order valence-corrected chi connectivity index (χ0v) is 16.8. The summed E-state index contributed by atoms with van der Waals surface area (Å²) < 4.78 is 10.9. The van der Waals surface area contributed by atoms with Crippen molar-refractivity contribution in [3.05, 3.63) is 34.9 Å². The van der Waals surface area contributed by atoms with Gasteiger partial charge in [0.1, 0.15) is 11.5 Å². The predicted octanol–water partition coefficient (Wildman–Crippen LogP) is 5.27. The lowest BCUT2D eigenvalue weighted by molar-refractivity contribution is -0.143. The highest BCUT2D eigenvalue weighted by Gasteiger charge is 2.26. The molecule has 0 fully saturated rings. The summed E-state index contributed by atoms with van der Waals surface area (Å²) in [7, 11) is 0. The van der Waals surface area contributed by atoms with Crippen molar-refractivity contribution < 1.29 is 19.1 Å². The average molecular weight is 367 g/mol. The number of ether oxygens (including phenoxy) is 2. The van der Waals surface area contributed by atoms with Gasteiger partial charge in [0.05, 0.1) is 10.8 Å². The van der Waals surface area contributed by atoms with Gasteiger partial charge in [0.25, 0.3) is 0 Å². The van der Waals surface area contributed by atoms with Crippen LogP contribution in [0.2, 0.25) is 0 Å². The molecule has 0 N–H and O–H groups in total. The normalized spacial score (nSPS) is 12.7. The highest BCUT2D eigenvalue weighted by molar-refractivity contribution is 6.29. The highest BCUT2D eigenvalue weighted by Crippen LogP contribution is 2.29. The fraction of sp³-hybridized carbons (Fsp3) is 0.500. The second-order valence-corrected chi connectivity index (χ2v) is 8.49. The molecule has 0 aliphatic rings. The molecule has 0 aromatic heterocycles. The maximum atomic E-state index is 12.1. The predicted molar refractivity (Wildman–Crippen MR) is 99.9 cm³/mol. The summed E-state index contributed by atoms with van der Waals surface area (Å²) in [4.78, 5) is 24.3. The Hall–Kier alpha value is -1.81. The van der Waals surface area contributed by atoms with Crippen LogP contribution in [-0.4, -0.2) is 11.9 Å². The molecule has 0 aliphatic carbocycles. The largest absolute Gasteiger partial charge is 0.426 e. The smallest absolute Gasteiger partial charge is 0.316 e. The summed E-state index contributed by atoms with van der Waals surface area (Å²) in [5.41, 5.74) is -0.489. The van der Waals surface area contributed by atoms with Crippen molar-refractivity contribution in [3.8, 4) is 11.5 Å². The maximum absolute atomic E-state index is 12.1. The summed E-state index contributed by atoms with van der Waals surface area (Å²) in [6, 6.07) is 4.99. The molecule has 25 heavy (non-hydrogen) atoms. The first-order chi connectivity index (χ1) is 11.3. The Balaban J connectivity index is 3.19. The Labute approximate surface area is 155 Å². The lowest BCUT2D eigenvalue weighted by Crippen LogP contribution is -2.26. The third-order valence-corrected chi connectivity index (χ3v) is 3.62. The molecule has 0 spiro atoms. The molecule has 1 aromatic carbocycles. The van der Waals surface area contributed by atoms with Gasteiger partial charge in [0.2, 0.25) is 0 Å². The fourth-order valence-corrected chi connectivity index (χ4v) is 1.82. The van der Waals surface area contributed by atoms with E-state index in [4.69, 9.17) is 21.1 Å². The number of carbonyl (C=O) groups is 2. The van der Waals surface area contributed by atoms with Gasteiger partial charge in [0.15, 0.2) is 0 Å². The second kappa shape index (κ2) is 8.05. The van der Waals surface area contributed by atoms with Gasteiger partial charge in [0, 0.05) is 17.5 Å². The topological polar surface area (TPSA) is 52.6 Å². The van der Waals surface area contributed by atoms with E-state index in [9.17, 15) is 9.59 Å². The maximum Gasteiger partial charge on any atom is 0.316 e. The van der Waals surface area contributed by atoms with E-state index in [-0.39, 0.29) is 11.9 Å². The van der Waals surface area contributed by atoms with Gasteiger partial charge in [-0.2, -0.15) is 0 Å². The number of allylic oxidation sites excluding steroid dienone is 2. The van der Waals surface area contributed by atoms with Crippen molar-refractivity contribution in [1.29, 1.82) is 0 Å². The highest BCUT2D eigenvalue weighted by atomic mass is 35.5. The molecule has 1 aromatic rings.